The first kappa shape index (κ1) is 27.7. The Labute approximate surface area is 224 Å². The van der Waals surface area contributed by atoms with Gasteiger partial charge in [-0.3, -0.25) is 0 Å². The molecule has 0 aliphatic carbocycles. The number of amides is 2. The Morgan fingerprint density at radius 2 is 1.71 bits per heavy atom. The molecule has 2 amide bonds. The highest BCUT2D eigenvalue weighted by Gasteiger charge is 2.33. The Morgan fingerprint density at radius 3 is 2.34 bits per heavy atom. The van der Waals surface area contributed by atoms with Crippen LogP contribution in [0.4, 0.5) is 21.4 Å². The smallest absolute Gasteiger partial charge is 0.410 e. The van der Waals surface area contributed by atoms with Crippen LogP contribution in [-0.4, -0.2) is 91.5 Å². The lowest BCUT2D eigenvalue weighted by Crippen LogP contribution is -2.44. The zero-order chi connectivity index (χ0) is 27.6. The van der Waals surface area contributed by atoms with E-state index in [4.69, 9.17) is 14.5 Å². The number of hydrogen-bond donors (Lipinski definition) is 2. The highest BCUT2D eigenvalue weighted by atomic mass is 16.6. The highest BCUT2D eigenvalue weighted by Crippen LogP contribution is 2.24. The van der Waals surface area contributed by atoms with E-state index in [-0.39, 0.29) is 36.3 Å². The van der Waals surface area contributed by atoms with E-state index in [1.807, 2.05) is 45.3 Å². The Kier molecular flexibility index (Phi) is 8.17. The first-order chi connectivity index (χ1) is 17.9. The van der Waals surface area contributed by atoms with Crippen molar-refractivity contribution >= 4 is 29.6 Å². The number of aromatic nitrogens is 4. The molecule has 2 aromatic heterocycles. The number of hydrogen-bond acceptors (Lipinski definition) is 9. The predicted octanol–water partition coefficient (Wildman–Crippen LogP) is 4.09. The van der Waals surface area contributed by atoms with E-state index in [2.05, 4.69) is 34.6 Å². The summed E-state index contributed by atoms with van der Waals surface area (Å²) in [6.07, 6.45) is 2.96. The first-order valence-corrected chi connectivity index (χ1v) is 13.6. The third kappa shape index (κ3) is 6.76. The molecule has 12 heteroatoms. The Balaban J connectivity index is 1.32. The van der Waals surface area contributed by atoms with E-state index in [0.717, 1.165) is 18.5 Å². The zero-order valence-electron chi connectivity index (χ0n) is 23.7. The number of carbonyl (C=O) groups is 2. The number of piperidine rings is 1. The van der Waals surface area contributed by atoms with E-state index in [1.54, 1.807) is 9.80 Å². The number of anilines is 2. The van der Waals surface area contributed by atoms with Crippen molar-refractivity contribution in [2.45, 2.75) is 97.4 Å². The van der Waals surface area contributed by atoms with Crippen LogP contribution in [0.5, 0.6) is 0 Å². The standard InChI is InChI=1S/C26H42N8O4/c1-16(2)20-14-27-22-21(30-23(28-17(3)4)31-34(20)22)29-18-8-11-32(12-9-18)24(35)37-19-10-13-33(15-19)25(36)38-26(5,6)7/h14,16-19H,8-13,15H2,1-7H3,(H2,28,29,30,31)/t19-/m0/s1. The number of carbonyl (C=O) groups excluding carboxylic acids is 2. The fourth-order valence-electron chi connectivity index (χ4n) is 4.64. The fraction of sp³-hybridized carbons (Fsp3) is 0.731. The Bertz CT molecular complexity index is 1130. The molecular weight excluding hydrogens is 488 g/mol. The molecule has 4 heterocycles. The van der Waals surface area contributed by atoms with Crippen LogP contribution in [0.1, 0.15) is 79.3 Å². The zero-order valence-corrected chi connectivity index (χ0v) is 23.7. The largest absolute Gasteiger partial charge is 0.444 e. The van der Waals surface area contributed by atoms with Crippen LogP contribution < -0.4 is 10.6 Å². The fourth-order valence-corrected chi connectivity index (χ4v) is 4.64. The molecular formula is C26H42N8O4. The van der Waals surface area contributed by atoms with Gasteiger partial charge in [0.05, 0.1) is 18.4 Å². The van der Waals surface area contributed by atoms with Gasteiger partial charge < -0.3 is 29.9 Å². The average molecular weight is 531 g/mol. The summed E-state index contributed by atoms with van der Waals surface area (Å²) in [5.41, 5.74) is 1.16. The quantitative estimate of drug-likeness (QED) is 0.568. The van der Waals surface area contributed by atoms with Crippen molar-refractivity contribution in [2.24, 2.45) is 0 Å². The van der Waals surface area contributed by atoms with Crippen molar-refractivity contribution in [3.05, 3.63) is 11.9 Å². The van der Waals surface area contributed by atoms with E-state index in [0.29, 0.717) is 50.0 Å². The van der Waals surface area contributed by atoms with Gasteiger partial charge in [-0.25, -0.2) is 19.1 Å². The maximum absolute atomic E-state index is 12.8. The second-order valence-electron chi connectivity index (χ2n) is 11.8. The first-order valence-electron chi connectivity index (χ1n) is 13.6. The lowest BCUT2D eigenvalue weighted by molar-refractivity contribution is 0.0235. The minimum Gasteiger partial charge on any atom is -0.444 e. The molecule has 0 unspecified atom stereocenters. The van der Waals surface area contributed by atoms with Gasteiger partial charge in [-0.2, -0.15) is 4.98 Å². The number of likely N-dealkylation sites (tertiary alicyclic amines) is 2. The monoisotopic (exact) mass is 530 g/mol. The SMILES string of the molecule is CC(C)Nc1nc(NC2CCN(C(=O)O[C@H]3CCN(C(=O)OC(C)(C)C)C3)CC2)c2ncc(C(C)C)n2n1. The van der Waals surface area contributed by atoms with Crippen LogP contribution in [-0.2, 0) is 9.47 Å². The van der Waals surface area contributed by atoms with E-state index in [9.17, 15) is 9.59 Å². The van der Waals surface area contributed by atoms with E-state index in [1.165, 1.54) is 0 Å². The molecule has 38 heavy (non-hydrogen) atoms. The van der Waals surface area contributed by atoms with Crippen LogP contribution in [0.15, 0.2) is 6.20 Å². The second-order valence-corrected chi connectivity index (χ2v) is 11.8. The van der Waals surface area contributed by atoms with Crippen molar-refractivity contribution in [3.63, 3.8) is 0 Å². The molecule has 2 aliphatic rings. The summed E-state index contributed by atoms with van der Waals surface area (Å²) < 4.78 is 13.0. The summed E-state index contributed by atoms with van der Waals surface area (Å²) in [6.45, 7) is 15.9. The molecule has 0 radical (unpaired) electrons. The molecule has 2 N–H and O–H groups in total. The van der Waals surface area contributed by atoms with Crippen molar-refractivity contribution in [1.29, 1.82) is 0 Å². The molecule has 0 spiro atoms. The lowest BCUT2D eigenvalue weighted by atomic mass is 10.1. The lowest BCUT2D eigenvalue weighted by Gasteiger charge is -2.32. The van der Waals surface area contributed by atoms with Gasteiger partial charge in [-0.1, -0.05) is 13.8 Å². The second kappa shape index (κ2) is 11.2. The average Bonchev–Trinajstić information content (AvgIpc) is 3.45. The van der Waals surface area contributed by atoms with Crippen LogP contribution in [0, 0.1) is 0 Å². The minimum absolute atomic E-state index is 0.137. The molecule has 2 aromatic rings. The van der Waals surface area contributed by atoms with Gasteiger partial charge in [-0.15, -0.1) is 5.10 Å². The molecule has 4 rings (SSSR count). The minimum atomic E-state index is -0.553. The van der Waals surface area contributed by atoms with Crippen molar-refractivity contribution < 1.29 is 19.1 Å². The summed E-state index contributed by atoms with van der Waals surface area (Å²) >= 11 is 0. The number of nitrogens with zero attached hydrogens (tertiary/aromatic N) is 6. The van der Waals surface area contributed by atoms with Crippen LogP contribution in [0.25, 0.3) is 5.65 Å². The summed E-state index contributed by atoms with van der Waals surface area (Å²) in [5, 5.41) is 11.5. The highest BCUT2D eigenvalue weighted by molar-refractivity contribution is 5.70. The summed E-state index contributed by atoms with van der Waals surface area (Å²) in [5.74, 6) is 1.50. The van der Waals surface area contributed by atoms with E-state index < -0.39 is 5.60 Å². The molecule has 0 saturated carbocycles. The molecule has 2 fully saturated rings. The number of imidazole rings is 1. The van der Waals surface area contributed by atoms with Gasteiger partial charge in [0.25, 0.3) is 0 Å². The molecule has 210 valence electrons. The topological polar surface area (TPSA) is 126 Å². The van der Waals surface area contributed by atoms with Crippen LogP contribution in [0.2, 0.25) is 0 Å². The summed E-state index contributed by atoms with van der Waals surface area (Å²) in [6, 6.07) is 0.328. The predicted molar refractivity (Wildman–Crippen MR) is 145 cm³/mol. The van der Waals surface area contributed by atoms with E-state index >= 15 is 0 Å². The molecule has 1 atom stereocenters. The van der Waals surface area contributed by atoms with Gasteiger partial charge in [-0.05, 0) is 53.4 Å². The van der Waals surface area contributed by atoms with Gasteiger partial charge in [0, 0.05) is 38.1 Å². The van der Waals surface area contributed by atoms with Gasteiger partial charge in [0.1, 0.15) is 11.7 Å². The molecule has 0 bridgehead atoms. The normalized spacial score (nSPS) is 18.9. The maximum atomic E-state index is 12.8. The van der Waals surface area contributed by atoms with Crippen molar-refractivity contribution in [1.82, 2.24) is 29.4 Å². The van der Waals surface area contributed by atoms with Gasteiger partial charge in [0.15, 0.2) is 11.5 Å². The Hall–Kier alpha value is -3.31. The van der Waals surface area contributed by atoms with Crippen molar-refractivity contribution in [2.75, 3.05) is 36.8 Å². The third-order valence-electron chi connectivity index (χ3n) is 6.56. The van der Waals surface area contributed by atoms with Crippen LogP contribution >= 0.6 is 0 Å². The number of fused-ring (bicyclic) bond motifs is 1. The maximum Gasteiger partial charge on any atom is 0.410 e. The number of ether oxygens (including phenoxy) is 2. The molecule has 2 aliphatic heterocycles. The third-order valence-corrected chi connectivity index (χ3v) is 6.56. The summed E-state index contributed by atoms with van der Waals surface area (Å²) in [4.78, 5) is 37.8. The Morgan fingerprint density at radius 1 is 1.03 bits per heavy atom. The number of rotatable bonds is 6. The molecule has 2 saturated heterocycles. The summed E-state index contributed by atoms with van der Waals surface area (Å²) in [7, 11) is 0. The molecule has 12 nitrogen and oxygen atoms in total. The number of nitrogens with one attached hydrogen (secondary N) is 2. The van der Waals surface area contributed by atoms with Crippen LogP contribution in [0.3, 0.4) is 0 Å². The van der Waals surface area contributed by atoms with Gasteiger partial charge >= 0.3 is 12.2 Å². The van der Waals surface area contributed by atoms with Gasteiger partial charge in [0.2, 0.25) is 5.95 Å². The molecule has 0 aromatic carbocycles. The van der Waals surface area contributed by atoms with Crippen molar-refractivity contribution in [3.8, 4) is 0 Å².